The highest BCUT2D eigenvalue weighted by molar-refractivity contribution is 7.90. The highest BCUT2D eigenvalue weighted by atomic mass is 32.2. The van der Waals surface area contributed by atoms with Crippen molar-refractivity contribution in [3.8, 4) is 11.6 Å². The normalized spacial score (nSPS) is 17.5. The maximum absolute atomic E-state index is 13.1. The number of carbonyl (C=O) groups excluding carboxylic acids is 1. The number of rotatable bonds is 6. The molecule has 1 amide bonds. The molecule has 1 aromatic carbocycles. The number of carbonyl (C=O) groups is 1. The van der Waals surface area contributed by atoms with Crippen molar-refractivity contribution in [2.75, 3.05) is 11.4 Å². The van der Waals surface area contributed by atoms with Crippen LogP contribution in [0.1, 0.15) is 43.1 Å². The fraction of sp³-hybridized carbons (Fsp3) is 0.320. The van der Waals surface area contributed by atoms with Crippen molar-refractivity contribution in [3.63, 3.8) is 0 Å². The predicted octanol–water partition coefficient (Wildman–Crippen LogP) is 5.03. The third-order valence-electron chi connectivity index (χ3n) is 6.56. The third kappa shape index (κ3) is 5.53. The number of alkyl halides is 3. The van der Waals surface area contributed by atoms with Gasteiger partial charge in [-0.2, -0.15) is 26.6 Å². The molecule has 196 valence electrons. The van der Waals surface area contributed by atoms with Crippen LogP contribution in [-0.2, 0) is 16.2 Å². The summed E-state index contributed by atoms with van der Waals surface area (Å²) in [5.74, 6) is -0.616. The standard InChI is InChI=1S/C25H25F3N4O4S/c1-16-12-14-32(24(16,2)3)22-19(9-6-13-29-22)23(33)31-37(34,35)21-11-5-10-20(30-21)36-18-8-4-7-17(15-18)25(26,27)28/h4-11,13,15-16H,12,14H2,1-3H3,(H,31,33). The van der Waals surface area contributed by atoms with Crippen molar-refractivity contribution in [2.45, 2.75) is 43.9 Å². The van der Waals surface area contributed by atoms with Crippen molar-refractivity contribution < 1.29 is 31.1 Å². The van der Waals surface area contributed by atoms with E-state index in [-0.39, 0.29) is 22.7 Å². The van der Waals surface area contributed by atoms with Crippen molar-refractivity contribution in [2.24, 2.45) is 5.92 Å². The lowest BCUT2D eigenvalue weighted by Crippen LogP contribution is -2.43. The fourth-order valence-electron chi connectivity index (χ4n) is 4.09. The lowest BCUT2D eigenvalue weighted by atomic mass is 9.90. The van der Waals surface area contributed by atoms with Crippen molar-refractivity contribution in [3.05, 3.63) is 71.9 Å². The molecular weight excluding hydrogens is 509 g/mol. The molecule has 0 saturated carbocycles. The van der Waals surface area contributed by atoms with Crippen LogP contribution in [0.4, 0.5) is 19.0 Å². The molecule has 1 saturated heterocycles. The number of pyridine rings is 2. The van der Waals surface area contributed by atoms with Gasteiger partial charge in [-0.3, -0.25) is 4.79 Å². The lowest BCUT2D eigenvalue weighted by Gasteiger charge is -2.36. The summed E-state index contributed by atoms with van der Waals surface area (Å²) in [6.07, 6.45) is -2.14. The summed E-state index contributed by atoms with van der Waals surface area (Å²) in [7, 11) is -4.45. The molecule has 1 aliphatic heterocycles. The second-order valence-corrected chi connectivity index (χ2v) is 10.9. The topological polar surface area (TPSA) is 101 Å². The van der Waals surface area contributed by atoms with E-state index in [4.69, 9.17) is 4.74 Å². The van der Waals surface area contributed by atoms with Crippen LogP contribution in [0.5, 0.6) is 11.6 Å². The average molecular weight is 535 g/mol. The summed E-state index contributed by atoms with van der Waals surface area (Å²) < 4.78 is 72.3. The SMILES string of the molecule is CC1CCN(c2ncccc2C(=O)NS(=O)(=O)c2cccc(Oc3cccc(C(F)(F)F)c3)n2)C1(C)C. The van der Waals surface area contributed by atoms with Crippen LogP contribution >= 0.6 is 0 Å². The number of aromatic nitrogens is 2. The quantitative estimate of drug-likeness (QED) is 0.473. The van der Waals surface area contributed by atoms with Gasteiger partial charge in [-0.1, -0.05) is 19.1 Å². The number of sulfonamides is 1. The van der Waals surface area contributed by atoms with Gasteiger partial charge in [-0.15, -0.1) is 0 Å². The first-order valence-corrected chi connectivity index (χ1v) is 12.9. The highest BCUT2D eigenvalue weighted by Gasteiger charge is 2.40. The van der Waals surface area contributed by atoms with E-state index >= 15 is 0 Å². The Morgan fingerprint density at radius 2 is 1.86 bits per heavy atom. The van der Waals surface area contributed by atoms with Gasteiger partial charge < -0.3 is 9.64 Å². The highest BCUT2D eigenvalue weighted by Crippen LogP contribution is 2.38. The molecule has 0 bridgehead atoms. The van der Waals surface area contributed by atoms with Gasteiger partial charge in [0.25, 0.3) is 15.9 Å². The summed E-state index contributed by atoms with van der Waals surface area (Å²) in [6, 6.07) is 10.9. The Morgan fingerprint density at radius 3 is 2.54 bits per heavy atom. The second-order valence-electron chi connectivity index (χ2n) is 9.25. The summed E-state index contributed by atoms with van der Waals surface area (Å²) in [6.45, 7) is 6.84. The van der Waals surface area contributed by atoms with Gasteiger partial charge in [-0.05, 0) is 62.6 Å². The molecule has 1 unspecified atom stereocenters. The van der Waals surface area contributed by atoms with Crippen LogP contribution in [0.15, 0.2) is 65.8 Å². The zero-order valence-corrected chi connectivity index (χ0v) is 21.1. The number of benzene rings is 1. The zero-order chi connectivity index (χ0) is 27.0. The maximum Gasteiger partial charge on any atom is 0.416 e. The Hall–Kier alpha value is -3.67. The molecule has 3 heterocycles. The number of ether oxygens (including phenoxy) is 1. The molecular formula is C25H25F3N4O4S. The zero-order valence-electron chi connectivity index (χ0n) is 20.3. The molecule has 4 rings (SSSR count). The number of hydrogen-bond acceptors (Lipinski definition) is 7. The average Bonchev–Trinajstić information content (AvgIpc) is 3.10. The summed E-state index contributed by atoms with van der Waals surface area (Å²) in [5.41, 5.74) is -1.13. The Bertz CT molecular complexity index is 1430. The first-order valence-electron chi connectivity index (χ1n) is 11.4. The van der Waals surface area contributed by atoms with E-state index in [1.165, 1.54) is 30.5 Å². The number of amides is 1. The molecule has 1 atom stereocenters. The minimum Gasteiger partial charge on any atom is -0.439 e. The summed E-state index contributed by atoms with van der Waals surface area (Å²) in [5, 5.41) is -0.536. The Morgan fingerprint density at radius 1 is 1.14 bits per heavy atom. The molecule has 3 aromatic rings. The van der Waals surface area contributed by atoms with E-state index in [1.54, 1.807) is 6.07 Å². The lowest BCUT2D eigenvalue weighted by molar-refractivity contribution is -0.137. The molecule has 37 heavy (non-hydrogen) atoms. The van der Waals surface area contributed by atoms with Gasteiger partial charge in [0, 0.05) is 24.3 Å². The number of hydrogen-bond donors (Lipinski definition) is 1. The van der Waals surface area contributed by atoms with E-state index < -0.39 is 32.7 Å². The van der Waals surface area contributed by atoms with Crippen LogP contribution in [0.2, 0.25) is 0 Å². The first-order chi connectivity index (χ1) is 17.3. The number of nitrogens with one attached hydrogen (secondary N) is 1. The number of anilines is 1. The Labute approximate surface area is 212 Å². The Balaban J connectivity index is 1.56. The van der Waals surface area contributed by atoms with E-state index in [2.05, 4.69) is 16.9 Å². The van der Waals surface area contributed by atoms with Crippen molar-refractivity contribution in [1.29, 1.82) is 0 Å². The Kier molecular flexibility index (Phi) is 6.89. The molecule has 12 heteroatoms. The molecule has 0 spiro atoms. The van der Waals surface area contributed by atoms with Crippen molar-refractivity contribution in [1.82, 2.24) is 14.7 Å². The van der Waals surface area contributed by atoms with Crippen LogP contribution in [0, 0.1) is 5.92 Å². The van der Waals surface area contributed by atoms with Crippen LogP contribution < -0.4 is 14.4 Å². The molecule has 1 fully saturated rings. The number of halogens is 3. The minimum absolute atomic E-state index is 0.0876. The molecule has 0 aliphatic carbocycles. The molecule has 8 nitrogen and oxygen atoms in total. The third-order valence-corrected chi connectivity index (χ3v) is 7.79. The van der Waals surface area contributed by atoms with Gasteiger partial charge in [-0.25, -0.2) is 9.71 Å². The largest absolute Gasteiger partial charge is 0.439 e. The van der Waals surface area contributed by atoms with E-state index in [9.17, 15) is 26.4 Å². The second kappa shape index (κ2) is 9.66. The van der Waals surface area contributed by atoms with Gasteiger partial charge in [0.2, 0.25) is 5.88 Å². The van der Waals surface area contributed by atoms with Crippen LogP contribution in [0.3, 0.4) is 0 Å². The fourth-order valence-corrected chi connectivity index (χ4v) is 5.01. The van der Waals surface area contributed by atoms with Crippen LogP contribution in [-0.4, -0.2) is 36.4 Å². The predicted molar refractivity (Wildman–Crippen MR) is 130 cm³/mol. The van der Waals surface area contributed by atoms with Crippen molar-refractivity contribution >= 4 is 21.7 Å². The first kappa shape index (κ1) is 26.4. The summed E-state index contributed by atoms with van der Waals surface area (Å²) in [4.78, 5) is 23.3. The van der Waals surface area contributed by atoms with E-state index in [1.807, 2.05) is 23.5 Å². The minimum atomic E-state index is -4.57. The summed E-state index contributed by atoms with van der Waals surface area (Å²) >= 11 is 0. The van der Waals surface area contributed by atoms with E-state index in [0.29, 0.717) is 18.3 Å². The van der Waals surface area contributed by atoms with E-state index in [0.717, 1.165) is 30.7 Å². The monoisotopic (exact) mass is 534 g/mol. The smallest absolute Gasteiger partial charge is 0.416 e. The molecule has 2 aromatic heterocycles. The van der Waals surface area contributed by atoms with Gasteiger partial charge in [0.1, 0.15) is 11.6 Å². The van der Waals surface area contributed by atoms with Crippen LogP contribution in [0.25, 0.3) is 0 Å². The van der Waals surface area contributed by atoms with Gasteiger partial charge in [0.05, 0.1) is 11.1 Å². The number of nitrogens with zero attached hydrogens (tertiary/aromatic N) is 3. The molecule has 1 aliphatic rings. The van der Waals surface area contributed by atoms with Gasteiger partial charge in [0.15, 0.2) is 5.03 Å². The maximum atomic E-state index is 13.1. The molecule has 1 N–H and O–H groups in total. The molecule has 0 radical (unpaired) electrons. The van der Waals surface area contributed by atoms with Gasteiger partial charge >= 0.3 is 6.18 Å².